The summed E-state index contributed by atoms with van der Waals surface area (Å²) in [6.07, 6.45) is 0. The third-order valence-corrected chi connectivity index (χ3v) is 4.11. The first kappa shape index (κ1) is 15.4. The molecule has 4 heteroatoms. The molecule has 0 saturated carbocycles. The number of benzene rings is 2. The van der Waals surface area contributed by atoms with Crippen molar-refractivity contribution in [3.63, 3.8) is 0 Å². The van der Waals surface area contributed by atoms with Gasteiger partial charge in [0.15, 0.2) is 5.78 Å². The van der Waals surface area contributed by atoms with Gasteiger partial charge >= 0.3 is 0 Å². The number of ketones is 1. The summed E-state index contributed by atoms with van der Waals surface area (Å²) in [5.41, 5.74) is 1.71. The van der Waals surface area contributed by atoms with Crippen LogP contribution in [0.15, 0.2) is 47.4 Å². The van der Waals surface area contributed by atoms with Crippen molar-refractivity contribution in [2.24, 2.45) is 0 Å². The molecular weight excluding hydrogens is 284 g/mol. The molecule has 110 valence electrons. The van der Waals surface area contributed by atoms with E-state index in [1.807, 2.05) is 37.3 Å². The molecule has 0 aliphatic heterocycles. The molecule has 0 N–H and O–H groups in total. The Hall–Kier alpha value is -1.94. The highest BCUT2D eigenvalue weighted by Crippen LogP contribution is 2.30. The van der Waals surface area contributed by atoms with Crippen molar-refractivity contribution in [1.82, 2.24) is 0 Å². The molecule has 0 heterocycles. The van der Waals surface area contributed by atoms with Gasteiger partial charge in [0, 0.05) is 4.90 Å². The molecule has 0 fully saturated rings. The van der Waals surface area contributed by atoms with Crippen molar-refractivity contribution in [1.29, 1.82) is 0 Å². The van der Waals surface area contributed by atoms with E-state index in [9.17, 15) is 4.79 Å². The Kier molecular flexibility index (Phi) is 5.28. The van der Waals surface area contributed by atoms with Gasteiger partial charge in [-0.1, -0.05) is 23.8 Å². The van der Waals surface area contributed by atoms with Crippen molar-refractivity contribution in [2.45, 2.75) is 11.8 Å². The molecule has 3 nitrogen and oxygen atoms in total. The summed E-state index contributed by atoms with van der Waals surface area (Å²) in [6.45, 7) is 2.04. The summed E-state index contributed by atoms with van der Waals surface area (Å²) in [7, 11) is 3.11. The third-order valence-electron chi connectivity index (χ3n) is 3.10. The van der Waals surface area contributed by atoms with Crippen molar-refractivity contribution < 1.29 is 14.3 Å². The molecular formula is C17H18O3S. The first-order valence-corrected chi connectivity index (χ1v) is 7.58. The van der Waals surface area contributed by atoms with Crippen molar-refractivity contribution >= 4 is 17.5 Å². The Morgan fingerprint density at radius 1 is 1.00 bits per heavy atom. The lowest BCUT2D eigenvalue weighted by Gasteiger charge is -2.11. The normalized spacial score (nSPS) is 10.2. The summed E-state index contributed by atoms with van der Waals surface area (Å²) in [5.74, 6) is 1.43. The first-order chi connectivity index (χ1) is 10.2. The maximum absolute atomic E-state index is 12.5. The van der Waals surface area contributed by atoms with Crippen LogP contribution in [0.4, 0.5) is 0 Å². The van der Waals surface area contributed by atoms with E-state index in [4.69, 9.17) is 9.47 Å². The van der Waals surface area contributed by atoms with Gasteiger partial charge in [0.1, 0.15) is 17.1 Å². The van der Waals surface area contributed by atoms with Gasteiger partial charge in [-0.15, -0.1) is 11.8 Å². The number of methoxy groups -OCH3 is 2. The van der Waals surface area contributed by atoms with Crippen LogP contribution in [-0.4, -0.2) is 25.8 Å². The fourth-order valence-corrected chi connectivity index (χ4v) is 2.75. The molecule has 2 aromatic carbocycles. The first-order valence-electron chi connectivity index (χ1n) is 6.59. The smallest absolute Gasteiger partial charge is 0.180 e. The molecule has 0 aliphatic carbocycles. The molecule has 21 heavy (non-hydrogen) atoms. The summed E-state index contributed by atoms with van der Waals surface area (Å²) >= 11 is 1.51. The lowest BCUT2D eigenvalue weighted by Crippen LogP contribution is -2.07. The number of thioether (sulfide) groups is 1. The predicted molar refractivity (Wildman–Crippen MR) is 85.8 cm³/mol. The number of ether oxygens (including phenoxy) is 2. The highest BCUT2D eigenvalue weighted by atomic mass is 32.2. The molecule has 2 rings (SSSR count). The summed E-state index contributed by atoms with van der Waals surface area (Å²) in [5, 5.41) is 0. The van der Waals surface area contributed by atoms with E-state index >= 15 is 0 Å². The lowest BCUT2D eigenvalue weighted by molar-refractivity contribution is 0.101. The van der Waals surface area contributed by atoms with E-state index in [1.54, 1.807) is 26.4 Å². The van der Waals surface area contributed by atoms with Gasteiger partial charge in [-0.25, -0.2) is 0 Å². The van der Waals surface area contributed by atoms with E-state index in [0.717, 1.165) is 4.90 Å². The maximum Gasteiger partial charge on any atom is 0.180 e. The minimum Gasteiger partial charge on any atom is -0.496 e. The number of Topliss-reactive ketones (excluding diaryl/α,β-unsaturated/α-hetero) is 1. The van der Waals surface area contributed by atoms with E-state index in [-0.39, 0.29) is 5.78 Å². The number of carbonyl (C=O) groups excluding carboxylic acids is 1. The number of hydrogen-bond donors (Lipinski definition) is 0. The molecule has 0 spiro atoms. The number of carbonyl (C=O) groups is 1. The zero-order valence-corrected chi connectivity index (χ0v) is 13.2. The van der Waals surface area contributed by atoms with Crippen LogP contribution in [0.2, 0.25) is 0 Å². The van der Waals surface area contributed by atoms with Gasteiger partial charge in [-0.3, -0.25) is 4.79 Å². The Labute approximate surface area is 129 Å². The Morgan fingerprint density at radius 3 is 2.10 bits per heavy atom. The molecule has 0 atom stereocenters. The average Bonchev–Trinajstić information content (AvgIpc) is 2.53. The highest BCUT2D eigenvalue weighted by Gasteiger charge is 2.18. The summed E-state index contributed by atoms with van der Waals surface area (Å²) in [6, 6.07) is 13.5. The van der Waals surface area contributed by atoms with E-state index < -0.39 is 0 Å². The zero-order valence-electron chi connectivity index (χ0n) is 12.4. The van der Waals surface area contributed by atoms with E-state index in [0.29, 0.717) is 22.8 Å². The molecule has 0 aliphatic rings. The van der Waals surface area contributed by atoms with Crippen LogP contribution in [0, 0.1) is 6.92 Å². The van der Waals surface area contributed by atoms with Crippen LogP contribution in [0.5, 0.6) is 11.5 Å². The van der Waals surface area contributed by atoms with Gasteiger partial charge in [0.05, 0.1) is 20.0 Å². The average molecular weight is 302 g/mol. The summed E-state index contributed by atoms with van der Waals surface area (Å²) < 4.78 is 10.5. The van der Waals surface area contributed by atoms with Crippen LogP contribution < -0.4 is 9.47 Å². The number of aryl methyl sites for hydroxylation is 1. The van der Waals surface area contributed by atoms with Crippen LogP contribution in [-0.2, 0) is 0 Å². The predicted octanol–water partition coefficient (Wildman–Crippen LogP) is 3.99. The molecule has 0 bridgehead atoms. The minimum atomic E-state index is -0.00475. The second-order valence-electron chi connectivity index (χ2n) is 4.56. The zero-order chi connectivity index (χ0) is 15.2. The Balaban J connectivity index is 2.15. The number of hydrogen-bond acceptors (Lipinski definition) is 4. The molecule has 0 unspecified atom stereocenters. The topological polar surface area (TPSA) is 35.5 Å². The van der Waals surface area contributed by atoms with Crippen LogP contribution >= 0.6 is 11.8 Å². The maximum atomic E-state index is 12.5. The van der Waals surface area contributed by atoms with Crippen molar-refractivity contribution in [3.8, 4) is 11.5 Å². The van der Waals surface area contributed by atoms with Gasteiger partial charge < -0.3 is 9.47 Å². The standard InChI is InChI=1S/C17H18O3S/c1-12-7-9-13(10-8-12)21-11-14(18)17-15(19-2)5-4-6-16(17)20-3/h4-10H,11H2,1-3H3. The summed E-state index contributed by atoms with van der Waals surface area (Å²) in [4.78, 5) is 13.5. The minimum absolute atomic E-state index is 0.00475. The fraction of sp³-hybridized carbons (Fsp3) is 0.235. The second-order valence-corrected chi connectivity index (χ2v) is 5.61. The lowest BCUT2D eigenvalue weighted by atomic mass is 10.1. The van der Waals surface area contributed by atoms with Gasteiger partial charge in [0.25, 0.3) is 0 Å². The largest absolute Gasteiger partial charge is 0.496 e. The highest BCUT2D eigenvalue weighted by molar-refractivity contribution is 8.00. The SMILES string of the molecule is COc1cccc(OC)c1C(=O)CSc1ccc(C)cc1. The second kappa shape index (κ2) is 7.18. The third kappa shape index (κ3) is 3.79. The van der Waals surface area contributed by atoms with E-state index in [1.165, 1.54) is 17.3 Å². The van der Waals surface area contributed by atoms with Crippen LogP contribution in [0.3, 0.4) is 0 Å². The van der Waals surface area contributed by atoms with Crippen LogP contribution in [0.1, 0.15) is 15.9 Å². The van der Waals surface area contributed by atoms with Gasteiger partial charge in [-0.05, 0) is 31.2 Å². The van der Waals surface area contributed by atoms with Gasteiger partial charge in [0.2, 0.25) is 0 Å². The molecule has 0 amide bonds. The van der Waals surface area contributed by atoms with Gasteiger partial charge in [-0.2, -0.15) is 0 Å². The quantitative estimate of drug-likeness (QED) is 0.597. The number of rotatable bonds is 6. The Morgan fingerprint density at radius 2 is 1.57 bits per heavy atom. The van der Waals surface area contributed by atoms with Crippen molar-refractivity contribution in [2.75, 3.05) is 20.0 Å². The van der Waals surface area contributed by atoms with Crippen LogP contribution in [0.25, 0.3) is 0 Å². The molecule has 0 saturated heterocycles. The fourth-order valence-electron chi connectivity index (χ4n) is 1.98. The molecule has 2 aromatic rings. The monoisotopic (exact) mass is 302 g/mol. The van der Waals surface area contributed by atoms with Crippen molar-refractivity contribution in [3.05, 3.63) is 53.6 Å². The molecule has 0 aromatic heterocycles. The van der Waals surface area contributed by atoms with E-state index in [2.05, 4.69) is 0 Å². The molecule has 0 radical (unpaired) electrons. The Bertz CT molecular complexity index is 598.